The van der Waals surface area contributed by atoms with Crippen molar-refractivity contribution in [2.24, 2.45) is 0 Å². The Balaban J connectivity index is 1.88. The number of halogens is 2. The summed E-state index contributed by atoms with van der Waals surface area (Å²) >= 11 is 11.1. The van der Waals surface area contributed by atoms with Crippen LogP contribution in [0.15, 0.2) is 15.9 Å². The molecule has 2 nitrogen and oxygen atoms in total. The lowest BCUT2D eigenvalue weighted by Crippen LogP contribution is -2.42. The summed E-state index contributed by atoms with van der Waals surface area (Å²) in [6.45, 7) is 3.75. The minimum absolute atomic E-state index is 0.198. The van der Waals surface area contributed by atoms with Crippen molar-refractivity contribution in [3.05, 3.63) is 20.8 Å². The van der Waals surface area contributed by atoms with E-state index in [9.17, 15) is 0 Å². The molecule has 0 saturated carbocycles. The maximum atomic E-state index is 5.80. The van der Waals surface area contributed by atoms with Crippen molar-refractivity contribution in [3.63, 3.8) is 0 Å². The number of nitrogens with zero attached hydrogens (tertiary/aromatic N) is 1. The number of hydrogen-bond donors (Lipinski definition) is 0. The lowest BCUT2D eigenvalue weighted by Gasteiger charge is -2.31. The van der Waals surface area contributed by atoms with Crippen LogP contribution in [-0.4, -0.2) is 36.6 Å². The summed E-state index contributed by atoms with van der Waals surface area (Å²) in [4.78, 5) is 3.78. The fourth-order valence-corrected chi connectivity index (χ4v) is 3.39. The van der Waals surface area contributed by atoms with Gasteiger partial charge in [0.15, 0.2) is 0 Å². The third-order valence-electron chi connectivity index (χ3n) is 2.40. The minimum atomic E-state index is 0.198. The molecular formula is C10H13BrClNOS. The molecule has 0 amide bonds. The molecule has 1 aromatic heterocycles. The van der Waals surface area contributed by atoms with Gasteiger partial charge >= 0.3 is 0 Å². The molecule has 15 heavy (non-hydrogen) atoms. The van der Waals surface area contributed by atoms with Gasteiger partial charge in [-0.05, 0) is 28.1 Å². The number of hydrogen-bond acceptors (Lipinski definition) is 3. The van der Waals surface area contributed by atoms with Crippen LogP contribution in [0.1, 0.15) is 4.88 Å². The second-order valence-corrected chi connectivity index (χ2v) is 6.44. The van der Waals surface area contributed by atoms with Crippen LogP contribution < -0.4 is 0 Å². The summed E-state index contributed by atoms with van der Waals surface area (Å²) in [6, 6.07) is 4.26. The SMILES string of the molecule is ClCC1CN(Cc2ccc(Br)s2)CCO1. The zero-order chi connectivity index (χ0) is 10.7. The standard InChI is InChI=1S/C10H13BrClNOS/c11-10-2-1-9(15-10)7-13-3-4-14-8(5-12)6-13/h1-2,8H,3-7H2. The van der Waals surface area contributed by atoms with Gasteiger partial charge in [0.25, 0.3) is 0 Å². The molecule has 0 radical (unpaired) electrons. The van der Waals surface area contributed by atoms with Crippen molar-refractivity contribution in [2.75, 3.05) is 25.6 Å². The van der Waals surface area contributed by atoms with Crippen molar-refractivity contribution in [2.45, 2.75) is 12.6 Å². The fraction of sp³-hybridized carbons (Fsp3) is 0.600. The van der Waals surface area contributed by atoms with Crippen LogP contribution in [0.2, 0.25) is 0 Å². The normalized spacial score (nSPS) is 23.2. The number of thiophene rings is 1. The highest BCUT2D eigenvalue weighted by atomic mass is 79.9. The van der Waals surface area contributed by atoms with E-state index in [0.717, 1.165) is 26.2 Å². The highest BCUT2D eigenvalue weighted by Gasteiger charge is 2.19. The first-order valence-corrected chi connectivity index (χ1v) is 7.06. The highest BCUT2D eigenvalue weighted by molar-refractivity contribution is 9.11. The third-order valence-corrected chi connectivity index (χ3v) is 4.36. The molecule has 2 heterocycles. The Morgan fingerprint density at radius 2 is 2.47 bits per heavy atom. The molecule has 1 aliphatic rings. The second kappa shape index (κ2) is 5.64. The van der Waals surface area contributed by atoms with Crippen LogP contribution in [0, 0.1) is 0 Å². The number of ether oxygens (including phenoxy) is 1. The molecule has 0 spiro atoms. The second-order valence-electron chi connectivity index (χ2n) is 3.59. The minimum Gasteiger partial charge on any atom is -0.374 e. The molecule has 0 aliphatic carbocycles. The van der Waals surface area contributed by atoms with Gasteiger partial charge < -0.3 is 4.74 Å². The van der Waals surface area contributed by atoms with Gasteiger partial charge in [0, 0.05) is 30.4 Å². The first-order valence-electron chi connectivity index (χ1n) is 4.92. The lowest BCUT2D eigenvalue weighted by atomic mass is 10.3. The lowest BCUT2D eigenvalue weighted by molar-refractivity contribution is -0.0190. The van der Waals surface area contributed by atoms with Crippen molar-refractivity contribution in [3.8, 4) is 0 Å². The summed E-state index contributed by atoms with van der Waals surface area (Å²) < 4.78 is 6.71. The van der Waals surface area contributed by atoms with Crippen LogP contribution in [-0.2, 0) is 11.3 Å². The Morgan fingerprint density at radius 1 is 1.60 bits per heavy atom. The molecule has 0 N–H and O–H groups in total. The Bertz CT molecular complexity index is 320. The van der Waals surface area contributed by atoms with Crippen LogP contribution in [0.4, 0.5) is 0 Å². The predicted molar refractivity (Wildman–Crippen MR) is 67.8 cm³/mol. The van der Waals surface area contributed by atoms with Crippen molar-refractivity contribution >= 4 is 38.9 Å². The first kappa shape index (κ1) is 11.9. The van der Waals surface area contributed by atoms with Crippen LogP contribution in [0.5, 0.6) is 0 Å². The average Bonchev–Trinajstić information content (AvgIpc) is 2.64. The predicted octanol–water partition coefficient (Wildman–Crippen LogP) is 2.95. The van der Waals surface area contributed by atoms with Gasteiger partial charge in [-0.3, -0.25) is 4.90 Å². The molecular weight excluding hydrogens is 298 g/mol. The smallest absolute Gasteiger partial charge is 0.0837 e. The number of alkyl halides is 1. The van der Waals surface area contributed by atoms with Crippen molar-refractivity contribution in [1.82, 2.24) is 4.90 Å². The van der Waals surface area contributed by atoms with Crippen LogP contribution in [0.25, 0.3) is 0 Å². The van der Waals surface area contributed by atoms with E-state index in [-0.39, 0.29) is 6.10 Å². The quantitative estimate of drug-likeness (QED) is 0.796. The Labute approximate surface area is 107 Å². The molecule has 1 fully saturated rings. The fourth-order valence-electron chi connectivity index (χ4n) is 1.67. The topological polar surface area (TPSA) is 12.5 Å². The third kappa shape index (κ3) is 3.43. The van der Waals surface area contributed by atoms with E-state index in [2.05, 4.69) is 33.0 Å². The highest BCUT2D eigenvalue weighted by Crippen LogP contribution is 2.23. The molecule has 1 aromatic rings. The first-order chi connectivity index (χ1) is 7.28. The molecule has 1 atom stereocenters. The maximum absolute atomic E-state index is 5.80. The van der Waals surface area contributed by atoms with E-state index in [1.54, 1.807) is 11.3 Å². The van der Waals surface area contributed by atoms with E-state index in [1.165, 1.54) is 8.66 Å². The molecule has 2 rings (SSSR count). The molecule has 84 valence electrons. The van der Waals surface area contributed by atoms with Crippen LogP contribution >= 0.6 is 38.9 Å². The number of morpholine rings is 1. The van der Waals surface area contributed by atoms with E-state index in [1.807, 2.05) is 0 Å². The molecule has 0 bridgehead atoms. The van der Waals surface area contributed by atoms with Gasteiger partial charge in [-0.25, -0.2) is 0 Å². The van der Waals surface area contributed by atoms with Gasteiger partial charge in [-0.2, -0.15) is 0 Å². The van der Waals surface area contributed by atoms with Gasteiger partial charge in [0.2, 0.25) is 0 Å². The van der Waals surface area contributed by atoms with Gasteiger partial charge in [-0.1, -0.05) is 0 Å². The summed E-state index contributed by atoms with van der Waals surface area (Å²) in [5.41, 5.74) is 0. The van der Waals surface area contributed by atoms with E-state index >= 15 is 0 Å². The largest absolute Gasteiger partial charge is 0.374 e. The molecule has 1 saturated heterocycles. The van der Waals surface area contributed by atoms with E-state index in [0.29, 0.717) is 5.88 Å². The Hall–Kier alpha value is 0.390. The monoisotopic (exact) mass is 309 g/mol. The zero-order valence-corrected chi connectivity index (χ0v) is 11.4. The van der Waals surface area contributed by atoms with Crippen molar-refractivity contribution in [1.29, 1.82) is 0 Å². The number of rotatable bonds is 3. The maximum Gasteiger partial charge on any atom is 0.0837 e. The summed E-state index contributed by atoms with van der Waals surface area (Å²) in [7, 11) is 0. The summed E-state index contributed by atoms with van der Waals surface area (Å²) in [5, 5.41) is 0. The molecule has 1 unspecified atom stereocenters. The van der Waals surface area contributed by atoms with Gasteiger partial charge in [0.1, 0.15) is 0 Å². The Kier molecular flexibility index (Phi) is 4.46. The van der Waals surface area contributed by atoms with E-state index < -0.39 is 0 Å². The summed E-state index contributed by atoms with van der Waals surface area (Å²) in [5.74, 6) is 0.588. The van der Waals surface area contributed by atoms with Gasteiger partial charge in [0.05, 0.1) is 16.5 Å². The van der Waals surface area contributed by atoms with Crippen molar-refractivity contribution < 1.29 is 4.74 Å². The molecule has 0 aromatic carbocycles. The van der Waals surface area contributed by atoms with E-state index in [4.69, 9.17) is 16.3 Å². The average molecular weight is 311 g/mol. The van der Waals surface area contributed by atoms with Crippen LogP contribution in [0.3, 0.4) is 0 Å². The Morgan fingerprint density at radius 3 is 3.13 bits per heavy atom. The molecule has 1 aliphatic heterocycles. The zero-order valence-electron chi connectivity index (χ0n) is 8.29. The summed E-state index contributed by atoms with van der Waals surface area (Å²) in [6.07, 6.45) is 0.198. The molecule has 5 heteroatoms. The van der Waals surface area contributed by atoms with Gasteiger partial charge in [-0.15, -0.1) is 22.9 Å².